The first-order valence-electron chi connectivity index (χ1n) is 7.85. The Morgan fingerprint density at radius 2 is 0.879 bits per heavy atom. The van der Waals surface area contributed by atoms with Gasteiger partial charge in [-0.3, -0.25) is 4.79 Å². The maximum atomic E-state index is 13.8. The number of ether oxygens (including phenoxy) is 1. The third kappa shape index (κ3) is 3.95. The van der Waals surface area contributed by atoms with Gasteiger partial charge in [0.15, 0.2) is 0 Å². The molecule has 33 heavy (non-hydrogen) atoms. The lowest BCUT2D eigenvalue weighted by molar-refractivity contribution is -0.446. The average molecular weight is 550 g/mol. The molecule has 0 unspecified atom stereocenters. The minimum absolute atomic E-state index is 0.361. The lowest BCUT2D eigenvalue weighted by Crippen LogP contribution is -2.75. The second-order valence-corrected chi connectivity index (χ2v) is 6.90. The predicted octanol–water partition coefficient (Wildman–Crippen LogP) is 5.12. The first-order valence-corrected chi connectivity index (χ1v) is 8.23. The molecule has 1 fully saturated rings. The highest BCUT2D eigenvalue weighted by Gasteiger charge is 2.95. The molecule has 0 aliphatic carbocycles. The quantitative estimate of drug-likeness (QED) is 0.311. The molecule has 0 atom stereocenters. The number of carbonyl (C=O) groups is 1. The maximum Gasteiger partial charge on any atom is 0.393 e. The Kier molecular flexibility index (Phi) is 7.26. The zero-order valence-corrected chi connectivity index (χ0v) is 15.8. The molecule has 1 aliphatic heterocycles. The number of nitrogens with zero attached hydrogens (tertiary/aromatic N) is 1. The Morgan fingerprint density at radius 1 is 0.576 bits per heavy atom. The second-order valence-electron chi connectivity index (χ2n) is 6.42. The number of halogens is 17. The minimum Gasteiger partial charge on any atom is -0.378 e. The third-order valence-electron chi connectivity index (χ3n) is 4.29. The van der Waals surface area contributed by atoms with Gasteiger partial charge in [0, 0.05) is 13.1 Å². The highest BCUT2D eigenvalue weighted by Crippen LogP contribution is 2.64. The van der Waals surface area contributed by atoms with Gasteiger partial charge in [0.1, 0.15) is 0 Å². The molecule has 1 rings (SSSR count). The number of rotatable bonds is 8. The summed E-state index contributed by atoms with van der Waals surface area (Å²) >= 11 is 3.41. The summed E-state index contributed by atoms with van der Waals surface area (Å²) in [6.45, 7) is -3.35. The Labute approximate surface area is 176 Å². The summed E-state index contributed by atoms with van der Waals surface area (Å²) in [5.74, 6) is -60.0. The van der Waals surface area contributed by atoms with Crippen LogP contribution in [0.3, 0.4) is 0 Å². The zero-order chi connectivity index (χ0) is 26.7. The van der Waals surface area contributed by atoms with Gasteiger partial charge in [0.25, 0.3) is 5.91 Å². The van der Waals surface area contributed by atoms with Crippen LogP contribution in [0.25, 0.3) is 0 Å². The number of hydrogen-bond donors (Lipinski definition) is 0. The Balaban J connectivity index is 3.57. The van der Waals surface area contributed by atoms with Gasteiger partial charge < -0.3 is 9.64 Å². The van der Waals surface area contributed by atoms with Gasteiger partial charge in [-0.2, -0.15) is 70.2 Å². The SMILES string of the molecule is O=C(N1CCOCC1)C(F)(F)C(F)(F)C(F)(F)C(F)(F)C(F)(F)C(F)(F)C(F)(F)C(F)(F)Cl. The van der Waals surface area contributed by atoms with Crippen molar-refractivity contribution in [2.24, 2.45) is 0 Å². The van der Waals surface area contributed by atoms with E-state index in [0.717, 1.165) is 0 Å². The maximum absolute atomic E-state index is 13.8. The Morgan fingerprint density at radius 3 is 1.21 bits per heavy atom. The van der Waals surface area contributed by atoms with Gasteiger partial charge >= 0.3 is 46.8 Å². The molecular formula is C13H8ClF16NO2. The lowest BCUT2D eigenvalue weighted by atomic mass is 9.89. The van der Waals surface area contributed by atoms with E-state index in [0.29, 0.717) is 0 Å². The van der Waals surface area contributed by atoms with Crippen LogP contribution in [-0.2, 0) is 9.53 Å². The summed E-state index contributed by atoms with van der Waals surface area (Å²) in [4.78, 5) is 11.1. The molecule has 0 aromatic rings. The third-order valence-corrected chi connectivity index (χ3v) is 4.53. The van der Waals surface area contributed by atoms with E-state index in [9.17, 15) is 75.0 Å². The van der Waals surface area contributed by atoms with Crippen molar-refractivity contribution in [2.75, 3.05) is 26.3 Å². The summed E-state index contributed by atoms with van der Waals surface area (Å²) < 4.78 is 218. The number of alkyl halides is 17. The van der Waals surface area contributed by atoms with E-state index in [-0.39, 0.29) is 4.90 Å². The fourth-order valence-corrected chi connectivity index (χ4v) is 2.38. The molecule has 0 aromatic carbocycles. The fourth-order valence-electron chi connectivity index (χ4n) is 2.26. The van der Waals surface area contributed by atoms with Crippen LogP contribution in [0.2, 0.25) is 0 Å². The molecule has 1 heterocycles. The molecule has 3 nitrogen and oxygen atoms in total. The van der Waals surface area contributed by atoms with Crippen LogP contribution in [0, 0.1) is 0 Å². The van der Waals surface area contributed by atoms with Crippen LogP contribution < -0.4 is 0 Å². The van der Waals surface area contributed by atoms with Crippen molar-refractivity contribution in [2.45, 2.75) is 46.8 Å². The van der Waals surface area contributed by atoms with Crippen molar-refractivity contribution in [3.8, 4) is 0 Å². The first kappa shape index (κ1) is 29.6. The summed E-state index contributed by atoms with van der Waals surface area (Å²) in [5, 5.41) is -6.84. The van der Waals surface area contributed by atoms with Crippen LogP contribution in [0.15, 0.2) is 0 Å². The fraction of sp³-hybridized carbons (Fsp3) is 0.923. The van der Waals surface area contributed by atoms with E-state index < -0.39 is 79.0 Å². The van der Waals surface area contributed by atoms with Gasteiger partial charge in [-0.15, -0.1) is 0 Å². The van der Waals surface area contributed by atoms with E-state index in [2.05, 4.69) is 16.3 Å². The van der Waals surface area contributed by atoms with Gasteiger partial charge in [0.2, 0.25) is 0 Å². The molecular weight excluding hydrogens is 542 g/mol. The van der Waals surface area contributed by atoms with Gasteiger partial charge in [-0.05, 0) is 11.6 Å². The van der Waals surface area contributed by atoms with Crippen LogP contribution in [0.1, 0.15) is 0 Å². The number of carbonyl (C=O) groups excluding carboxylic acids is 1. The largest absolute Gasteiger partial charge is 0.393 e. The van der Waals surface area contributed by atoms with Crippen molar-refractivity contribution in [3.05, 3.63) is 0 Å². The van der Waals surface area contributed by atoms with Crippen LogP contribution in [0.5, 0.6) is 0 Å². The van der Waals surface area contributed by atoms with Crippen LogP contribution in [-0.4, -0.2) is 83.9 Å². The summed E-state index contributed by atoms with van der Waals surface area (Å²) in [7, 11) is 0. The summed E-state index contributed by atoms with van der Waals surface area (Å²) in [6.07, 6.45) is 0. The summed E-state index contributed by atoms with van der Waals surface area (Å²) in [5.41, 5.74) is 0. The molecule has 20 heteroatoms. The molecule has 0 radical (unpaired) electrons. The van der Waals surface area contributed by atoms with E-state index in [1.54, 1.807) is 0 Å². The molecule has 1 aliphatic rings. The topological polar surface area (TPSA) is 29.5 Å². The van der Waals surface area contributed by atoms with Crippen LogP contribution in [0.4, 0.5) is 70.2 Å². The van der Waals surface area contributed by atoms with E-state index >= 15 is 0 Å². The lowest BCUT2D eigenvalue weighted by Gasteiger charge is -2.43. The number of morpholine rings is 1. The van der Waals surface area contributed by atoms with E-state index in [1.165, 1.54) is 0 Å². The smallest absolute Gasteiger partial charge is 0.378 e. The average Bonchev–Trinajstić information content (AvgIpc) is 2.66. The zero-order valence-electron chi connectivity index (χ0n) is 15.0. The van der Waals surface area contributed by atoms with E-state index in [4.69, 9.17) is 0 Å². The van der Waals surface area contributed by atoms with Gasteiger partial charge in [-0.25, -0.2) is 0 Å². The molecule has 1 amide bonds. The second kappa shape index (κ2) is 8.08. The van der Waals surface area contributed by atoms with Gasteiger partial charge in [0.05, 0.1) is 13.2 Å². The first-order chi connectivity index (χ1) is 14.3. The Bertz CT molecular complexity index is 743. The molecule has 0 bridgehead atoms. The summed E-state index contributed by atoms with van der Waals surface area (Å²) in [6, 6.07) is 0. The minimum atomic E-state index is -8.59. The molecule has 196 valence electrons. The predicted molar refractivity (Wildman–Crippen MR) is 72.8 cm³/mol. The van der Waals surface area contributed by atoms with Crippen molar-refractivity contribution < 1.29 is 79.8 Å². The van der Waals surface area contributed by atoms with Crippen molar-refractivity contribution in [1.29, 1.82) is 0 Å². The molecule has 0 aromatic heterocycles. The standard InChI is InChI=1S/C13H8ClF16NO2/c14-13(29,30)12(27,28)11(25,26)10(23,24)9(21,22)8(19,20)7(17,18)6(15,16)5(32)31-1-3-33-4-2-31/h1-4H2. The monoisotopic (exact) mass is 549 g/mol. The normalized spacial score (nSPS) is 18.5. The molecule has 0 saturated carbocycles. The van der Waals surface area contributed by atoms with Crippen LogP contribution >= 0.6 is 11.6 Å². The van der Waals surface area contributed by atoms with Gasteiger partial charge in [-0.1, -0.05) is 0 Å². The highest BCUT2D eigenvalue weighted by atomic mass is 35.5. The van der Waals surface area contributed by atoms with Crippen molar-refractivity contribution >= 4 is 17.5 Å². The van der Waals surface area contributed by atoms with Crippen molar-refractivity contribution in [3.63, 3.8) is 0 Å². The Hall–Kier alpha value is -1.40. The van der Waals surface area contributed by atoms with Crippen molar-refractivity contribution in [1.82, 2.24) is 4.90 Å². The molecule has 1 saturated heterocycles. The molecule has 0 N–H and O–H groups in total. The number of amides is 1. The van der Waals surface area contributed by atoms with E-state index in [1.807, 2.05) is 0 Å². The molecule has 0 spiro atoms. The highest BCUT2D eigenvalue weighted by molar-refractivity contribution is 6.22. The number of hydrogen-bond acceptors (Lipinski definition) is 2.